The molecule has 0 radical (unpaired) electrons. The molecule has 3 heteroatoms. The van der Waals surface area contributed by atoms with Crippen LogP contribution in [0.15, 0.2) is 0 Å². The van der Waals surface area contributed by atoms with Gasteiger partial charge in [-0.15, -0.1) is 0 Å². The fraction of sp³-hybridized carbons (Fsp3) is 0.909. The van der Waals surface area contributed by atoms with Crippen LogP contribution in [0.3, 0.4) is 0 Å². The van der Waals surface area contributed by atoms with E-state index in [1.54, 1.807) is 0 Å². The van der Waals surface area contributed by atoms with Crippen LogP contribution in [-0.4, -0.2) is 36.0 Å². The fourth-order valence-electron chi connectivity index (χ4n) is 2.12. The maximum Gasteiger partial charge on any atom is 0.223 e. The molecule has 80 valence electrons. The summed E-state index contributed by atoms with van der Waals surface area (Å²) in [4.78, 5) is 14.0. The summed E-state index contributed by atoms with van der Waals surface area (Å²) in [5.74, 6) is 1.06. The van der Waals surface area contributed by atoms with Gasteiger partial charge in [0.2, 0.25) is 5.91 Å². The molecule has 0 aromatic carbocycles. The molecule has 1 saturated heterocycles. The van der Waals surface area contributed by atoms with E-state index >= 15 is 0 Å². The summed E-state index contributed by atoms with van der Waals surface area (Å²) in [6.45, 7) is 7.02. The van der Waals surface area contributed by atoms with Gasteiger partial charge in [0, 0.05) is 31.6 Å². The Hall–Kier alpha value is -0.570. The largest absolute Gasteiger partial charge is 0.335 e. The van der Waals surface area contributed by atoms with Gasteiger partial charge in [-0.2, -0.15) is 0 Å². The highest BCUT2D eigenvalue weighted by atomic mass is 16.2. The van der Waals surface area contributed by atoms with Crippen LogP contribution in [0.5, 0.6) is 0 Å². The lowest BCUT2D eigenvalue weighted by molar-refractivity contribution is -0.138. The molecule has 1 N–H and O–H groups in total. The minimum Gasteiger partial charge on any atom is -0.335 e. The first-order valence-corrected chi connectivity index (χ1v) is 5.61. The van der Waals surface area contributed by atoms with Crippen LogP contribution >= 0.6 is 0 Å². The van der Waals surface area contributed by atoms with Crippen molar-refractivity contribution in [3.8, 4) is 0 Å². The van der Waals surface area contributed by atoms with Crippen molar-refractivity contribution in [3.05, 3.63) is 0 Å². The first-order valence-electron chi connectivity index (χ1n) is 5.61. The molecule has 3 nitrogen and oxygen atoms in total. The fourth-order valence-corrected chi connectivity index (χ4v) is 2.12. The topological polar surface area (TPSA) is 32.3 Å². The minimum absolute atomic E-state index is 0.00419. The molecule has 1 amide bonds. The van der Waals surface area contributed by atoms with Crippen LogP contribution in [0.1, 0.15) is 33.1 Å². The molecule has 1 heterocycles. The first kappa shape index (κ1) is 9.97. The molecule has 14 heavy (non-hydrogen) atoms. The second kappa shape index (κ2) is 3.54. The standard InChI is InChI=1S/C11H20N2O/c1-11(2)8-12-5-6-13(11)10(14)7-9-3-4-9/h9,12H,3-8H2,1-2H3. The maximum absolute atomic E-state index is 12.0. The van der Waals surface area contributed by atoms with Crippen LogP contribution < -0.4 is 5.32 Å². The second-order valence-corrected chi connectivity index (χ2v) is 5.18. The molecule has 2 rings (SSSR count). The molecule has 2 aliphatic rings. The Labute approximate surface area is 85.8 Å². The van der Waals surface area contributed by atoms with E-state index in [0.717, 1.165) is 26.1 Å². The molecule has 0 aromatic rings. The van der Waals surface area contributed by atoms with E-state index in [1.165, 1.54) is 12.8 Å². The van der Waals surface area contributed by atoms with E-state index in [4.69, 9.17) is 0 Å². The van der Waals surface area contributed by atoms with Crippen molar-refractivity contribution >= 4 is 5.91 Å². The van der Waals surface area contributed by atoms with Crippen LogP contribution in [0.4, 0.5) is 0 Å². The van der Waals surface area contributed by atoms with Crippen molar-refractivity contribution in [1.82, 2.24) is 10.2 Å². The van der Waals surface area contributed by atoms with E-state index in [2.05, 4.69) is 24.1 Å². The number of piperazine rings is 1. The maximum atomic E-state index is 12.0. The first-order chi connectivity index (χ1) is 6.59. The van der Waals surface area contributed by atoms with E-state index in [0.29, 0.717) is 11.8 Å². The van der Waals surface area contributed by atoms with Crippen molar-refractivity contribution in [1.29, 1.82) is 0 Å². The molecular weight excluding hydrogens is 176 g/mol. The Bertz CT molecular complexity index is 233. The Morgan fingerprint density at radius 1 is 1.50 bits per heavy atom. The average Bonchev–Trinajstić information content (AvgIpc) is 2.87. The second-order valence-electron chi connectivity index (χ2n) is 5.18. The van der Waals surface area contributed by atoms with E-state index in [1.807, 2.05) is 0 Å². The third-order valence-corrected chi connectivity index (χ3v) is 3.26. The summed E-state index contributed by atoms with van der Waals surface area (Å²) in [6, 6.07) is 0. The summed E-state index contributed by atoms with van der Waals surface area (Å²) < 4.78 is 0. The lowest BCUT2D eigenvalue weighted by Gasteiger charge is -2.43. The van der Waals surface area contributed by atoms with Crippen molar-refractivity contribution in [2.24, 2.45) is 5.92 Å². The molecular formula is C11H20N2O. The number of hydrogen-bond acceptors (Lipinski definition) is 2. The molecule has 0 bridgehead atoms. The normalized spacial score (nSPS) is 26.3. The predicted molar refractivity (Wildman–Crippen MR) is 56.0 cm³/mol. The van der Waals surface area contributed by atoms with Gasteiger partial charge >= 0.3 is 0 Å². The van der Waals surface area contributed by atoms with E-state index in [9.17, 15) is 4.79 Å². The van der Waals surface area contributed by atoms with Gasteiger partial charge in [0.1, 0.15) is 0 Å². The Morgan fingerprint density at radius 2 is 2.21 bits per heavy atom. The molecule has 1 saturated carbocycles. The number of amides is 1. The quantitative estimate of drug-likeness (QED) is 0.714. The van der Waals surface area contributed by atoms with Crippen LogP contribution in [-0.2, 0) is 4.79 Å². The van der Waals surface area contributed by atoms with Crippen molar-refractivity contribution in [3.63, 3.8) is 0 Å². The highest BCUT2D eigenvalue weighted by Gasteiger charge is 2.35. The monoisotopic (exact) mass is 196 g/mol. The summed E-state index contributed by atoms with van der Waals surface area (Å²) in [6.07, 6.45) is 3.31. The van der Waals surface area contributed by atoms with Gasteiger partial charge in [0.25, 0.3) is 0 Å². The van der Waals surface area contributed by atoms with Crippen molar-refractivity contribution < 1.29 is 4.79 Å². The highest BCUT2D eigenvalue weighted by molar-refractivity contribution is 5.77. The smallest absolute Gasteiger partial charge is 0.223 e. The van der Waals surface area contributed by atoms with Gasteiger partial charge in [-0.3, -0.25) is 4.79 Å². The Kier molecular flexibility index (Phi) is 2.52. The Morgan fingerprint density at radius 3 is 2.79 bits per heavy atom. The zero-order chi connectivity index (χ0) is 10.2. The number of carbonyl (C=O) groups is 1. The van der Waals surface area contributed by atoms with Crippen LogP contribution in [0.2, 0.25) is 0 Å². The lowest BCUT2D eigenvalue weighted by atomic mass is 9.99. The molecule has 2 fully saturated rings. The molecule has 1 aliphatic carbocycles. The van der Waals surface area contributed by atoms with Crippen molar-refractivity contribution in [2.75, 3.05) is 19.6 Å². The van der Waals surface area contributed by atoms with Gasteiger partial charge in [-0.25, -0.2) is 0 Å². The summed E-state index contributed by atoms with van der Waals surface area (Å²) >= 11 is 0. The SMILES string of the molecule is CC1(C)CNCCN1C(=O)CC1CC1. The number of nitrogens with one attached hydrogen (secondary N) is 1. The predicted octanol–water partition coefficient (Wildman–Crippen LogP) is 0.997. The number of nitrogens with zero attached hydrogens (tertiary/aromatic N) is 1. The molecule has 1 aliphatic heterocycles. The van der Waals surface area contributed by atoms with Gasteiger partial charge < -0.3 is 10.2 Å². The molecule has 0 atom stereocenters. The summed E-state index contributed by atoms with van der Waals surface area (Å²) in [5.41, 5.74) is 0.00419. The molecule has 0 aromatic heterocycles. The van der Waals surface area contributed by atoms with Crippen LogP contribution in [0, 0.1) is 5.92 Å². The molecule has 0 unspecified atom stereocenters. The van der Waals surface area contributed by atoms with Gasteiger partial charge in [-0.05, 0) is 32.6 Å². The van der Waals surface area contributed by atoms with Crippen molar-refractivity contribution in [2.45, 2.75) is 38.6 Å². The number of hydrogen-bond donors (Lipinski definition) is 1. The summed E-state index contributed by atoms with van der Waals surface area (Å²) in [7, 11) is 0. The van der Waals surface area contributed by atoms with E-state index < -0.39 is 0 Å². The highest BCUT2D eigenvalue weighted by Crippen LogP contribution is 2.33. The third-order valence-electron chi connectivity index (χ3n) is 3.26. The van der Waals surface area contributed by atoms with Gasteiger partial charge in [0.05, 0.1) is 0 Å². The minimum atomic E-state index is 0.00419. The third kappa shape index (κ3) is 2.08. The van der Waals surface area contributed by atoms with Crippen LogP contribution in [0.25, 0.3) is 0 Å². The zero-order valence-corrected chi connectivity index (χ0v) is 9.18. The van der Waals surface area contributed by atoms with E-state index in [-0.39, 0.29) is 5.54 Å². The zero-order valence-electron chi connectivity index (χ0n) is 9.18. The van der Waals surface area contributed by atoms with Gasteiger partial charge in [-0.1, -0.05) is 0 Å². The lowest BCUT2D eigenvalue weighted by Crippen LogP contribution is -2.59. The number of rotatable bonds is 2. The molecule has 0 spiro atoms. The van der Waals surface area contributed by atoms with Gasteiger partial charge in [0.15, 0.2) is 0 Å². The average molecular weight is 196 g/mol. The Balaban J connectivity index is 1.95. The number of carbonyl (C=O) groups excluding carboxylic acids is 1. The summed E-state index contributed by atoms with van der Waals surface area (Å²) in [5, 5.41) is 3.33.